The molecule has 19 heavy (non-hydrogen) atoms. The van der Waals surface area contributed by atoms with Crippen molar-refractivity contribution in [1.82, 2.24) is 0 Å². The first-order valence-corrected chi connectivity index (χ1v) is 7.40. The Labute approximate surface area is 117 Å². The molecular formula is C14H19NO3S. The topological polar surface area (TPSA) is 58.6 Å². The number of ether oxygens (including phenoxy) is 1. The monoisotopic (exact) mass is 281 g/mol. The molecule has 104 valence electrons. The van der Waals surface area contributed by atoms with Gasteiger partial charge in [-0.25, -0.2) is 4.79 Å². The molecule has 5 heteroatoms. The number of rotatable bonds is 4. The van der Waals surface area contributed by atoms with Crippen LogP contribution in [0.3, 0.4) is 0 Å². The molecule has 0 bridgehead atoms. The Hall–Kier alpha value is -1.36. The van der Waals surface area contributed by atoms with Gasteiger partial charge in [0.25, 0.3) is 0 Å². The summed E-state index contributed by atoms with van der Waals surface area (Å²) < 4.78 is 5.10. The molecule has 1 fully saturated rings. The Kier molecular flexibility index (Phi) is 4.24. The van der Waals surface area contributed by atoms with Gasteiger partial charge in [0.1, 0.15) is 11.3 Å². The predicted molar refractivity (Wildman–Crippen MR) is 78.1 cm³/mol. The van der Waals surface area contributed by atoms with Crippen molar-refractivity contribution < 1.29 is 14.6 Å². The smallest absolute Gasteiger partial charge is 0.330 e. The van der Waals surface area contributed by atoms with Gasteiger partial charge in [-0.15, -0.1) is 0 Å². The maximum absolute atomic E-state index is 11.7. The maximum atomic E-state index is 11.7. The quantitative estimate of drug-likeness (QED) is 0.888. The molecule has 0 radical (unpaired) electrons. The van der Waals surface area contributed by atoms with Crippen LogP contribution in [-0.2, 0) is 4.79 Å². The summed E-state index contributed by atoms with van der Waals surface area (Å²) in [6.07, 6.45) is 1.58. The minimum absolute atomic E-state index is 0.0425. The summed E-state index contributed by atoms with van der Waals surface area (Å²) in [6, 6.07) is 7.38. The third-order valence-corrected chi connectivity index (χ3v) is 5.04. The number of carbonyl (C=O) groups is 1. The van der Waals surface area contributed by atoms with Crippen molar-refractivity contribution in [2.24, 2.45) is 0 Å². The van der Waals surface area contributed by atoms with Gasteiger partial charge in [0.15, 0.2) is 0 Å². The van der Waals surface area contributed by atoms with Crippen LogP contribution in [0, 0.1) is 0 Å². The zero-order chi connectivity index (χ0) is 13.9. The molecule has 1 heterocycles. The summed E-state index contributed by atoms with van der Waals surface area (Å²) in [6.45, 7) is 1.98. The normalized spacial score (nSPS) is 26.7. The minimum Gasteiger partial charge on any atom is -0.497 e. The Morgan fingerprint density at radius 1 is 1.47 bits per heavy atom. The summed E-state index contributed by atoms with van der Waals surface area (Å²) in [5.74, 6) is 1.02. The van der Waals surface area contributed by atoms with E-state index in [1.54, 1.807) is 18.9 Å². The number of benzene rings is 1. The van der Waals surface area contributed by atoms with Crippen LogP contribution in [-0.4, -0.2) is 34.7 Å². The first-order valence-electron chi connectivity index (χ1n) is 6.36. The van der Waals surface area contributed by atoms with E-state index >= 15 is 0 Å². The van der Waals surface area contributed by atoms with Gasteiger partial charge in [0, 0.05) is 10.9 Å². The average Bonchev–Trinajstić information content (AvgIpc) is 2.42. The number of hydrogen-bond donors (Lipinski definition) is 2. The fourth-order valence-corrected chi connectivity index (χ4v) is 3.61. The summed E-state index contributed by atoms with van der Waals surface area (Å²) >= 11 is 1.71. The van der Waals surface area contributed by atoms with Crippen LogP contribution in [0.25, 0.3) is 0 Å². The molecule has 0 aromatic heterocycles. The highest BCUT2D eigenvalue weighted by Gasteiger charge is 2.45. The number of nitrogens with one attached hydrogen (secondary N) is 1. The molecule has 2 N–H and O–H groups in total. The van der Waals surface area contributed by atoms with Crippen molar-refractivity contribution in [3.63, 3.8) is 0 Å². The standard InChI is InChI=1S/C14H19NO3S/c1-10-14(13(16)17,8-3-9-19-10)15-11-4-6-12(18-2)7-5-11/h4-7,10,15H,3,8-9H2,1-2H3,(H,16,17). The summed E-state index contributed by atoms with van der Waals surface area (Å²) in [5, 5.41) is 12.9. The summed E-state index contributed by atoms with van der Waals surface area (Å²) in [7, 11) is 1.61. The molecule has 0 spiro atoms. The fourth-order valence-electron chi connectivity index (χ4n) is 2.39. The van der Waals surface area contributed by atoms with Crippen molar-refractivity contribution in [1.29, 1.82) is 0 Å². The van der Waals surface area contributed by atoms with Crippen LogP contribution >= 0.6 is 11.8 Å². The van der Waals surface area contributed by atoms with Crippen molar-refractivity contribution in [3.05, 3.63) is 24.3 Å². The van der Waals surface area contributed by atoms with Crippen molar-refractivity contribution >= 4 is 23.4 Å². The number of methoxy groups -OCH3 is 1. The molecule has 2 atom stereocenters. The second-order valence-corrected chi connectivity index (χ2v) is 6.20. The van der Waals surface area contributed by atoms with Crippen molar-refractivity contribution in [2.45, 2.75) is 30.6 Å². The van der Waals surface area contributed by atoms with E-state index in [0.717, 1.165) is 23.6 Å². The third-order valence-electron chi connectivity index (χ3n) is 3.62. The molecule has 1 saturated heterocycles. The lowest BCUT2D eigenvalue weighted by molar-refractivity contribution is -0.142. The Balaban J connectivity index is 2.22. The summed E-state index contributed by atoms with van der Waals surface area (Å²) in [5.41, 5.74) is -0.0603. The van der Waals surface area contributed by atoms with Crippen LogP contribution in [0.5, 0.6) is 5.75 Å². The van der Waals surface area contributed by atoms with E-state index in [9.17, 15) is 9.90 Å². The zero-order valence-corrected chi connectivity index (χ0v) is 12.0. The lowest BCUT2D eigenvalue weighted by Crippen LogP contribution is -2.55. The van der Waals surface area contributed by atoms with Crippen LogP contribution in [0.1, 0.15) is 19.8 Å². The lowest BCUT2D eigenvalue weighted by atomic mass is 9.89. The summed E-state index contributed by atoms with van der Waals surface area (Å²) in [4.78, 5) is 11.7. The SMILES string of the molecule is COc1ccc(NC2(C(=O)O)CCCSC2C)cc1. The van der Waals surface area contributed by atoms with Crippen LogP contribution < -0.4 is 10.1 Å². The van der Waals surface area contributed by atoms with Crippen molar-refractivity contribution in [3.8, 4) is 5.75 Å². The lowest BCUT2D eigenvalue weighted by Gasteiger charge is -2.39. The van der Waals surface area contributed by atoms with Gasteiger partial charge in [-0.2, -0.15) is 11.8 Å². The molecule has 0 amide bonds. The molecule has 2 rings (SSSR count). The molecule has 2 unspecified atom stereocenters. The van der Waals surface area contributed by atoms with Gasteiger partial charge in [-0.3, -0.25) is 0 Å². The van der Waals surface area contributed by atoms with E-state index in [1.807, 2.05) is 31.2 Å². The Bertz CT molecular complexity index is 449. The van der Waals surface area contributed by atoms with E-state index in [2.05, 4.69) is 5.32 Å². The second-order valence-electron chi connectivity index (χ2n) is 4.75. The van der Waals surface area contributed by atoms with Gasteiger partial charge < -0.3 is 15.2 Å². The highest BCUT2D eigenvalue weighted by molar-refractivity contribution is 8.00. The van der Waals surface area contributed by atoms with Gasteiger partial charge in [0.2, 0.25) is 0 Å². The van der Waals surface area contributed by atoms with Gasteiger partial charge >= 0.3 is 5.97 Å². The van der Waals surface area contributed by atoms with Crippen LogP contribution in [0.15, 0.2) is 24.3 Å². The van der Waals surface area contributed by atoms with Crippen LogP contribution in [0.2, 0.25) is 0 Å². The number of hydrogen-bond acceptors (Lipinski definition) is 4. The zero-order valence-electron chi connectivity index (χ0n) is 11.2. The Morgan fingerprint density at radius 3 is 2.68 bits per heavy atom. The maximum Gasteiger partial charge on any atom is 0.330 e. The van der Waals surface area contributed by atoms with Gasteiger partial charge in [0.05, 0.1) is 7.11 Å². The number of anilines is 1. The fraction of sp³-hybridized carbons (Fsp3) is 0.500. The van der Waals surface area contributed by atoms with E-state index < -0.39 is 11.5 Å². The first-order chi connectivity index (χ1) is 9.08. The van der Waals surface area contributed by atoms with Gasteiger partial charge in [-0.05, 0) is 42.9 Å². The number of thioether (sulfide) groups is 1. The highest BCUT2D eigenvalue weighted by Crippen LogP contribution is 2.37. The molecule has 0 aliphatic carbocycles. The van der Waals surface area contributed by atoms with E-state index in [1.165, 1.54) is 0 Å². The van der Waals surface area contributed by atoms with E-state index in [4.69, 9.17) is 4.74 Å². The number of carboxylic acids is 1. The molecule has 0 saturated carbocycles. The molecule has 1 aromatic rings. The molecule has 4 nitrogen and oxygen atoms in total. The molecule has 1 aromatic carbocycles. The van der Waals surface area contributed by atoms with E-state index in [0.29, 0.717) is 6.42 Å². The van der Waals surface area contributed by atoms with Crippen LogP contribution in [0.4, 0.5) is 5.69 Å². The molecular weight excluding hydrogens is 262 g/mol. The molecule has 1 aliphatic rings. The molecule has 1 aliphatic heterocycles. The minimum atomic E-state index is -0.877. The number of aliphatic carboxylic acids is 1. The number of carboxylic acid groups (broad SMARTS) is 1. The largest absolute Gasteiger partial charge is 0.497 e. The van der Waals surface area contributed by atoms with Gasteiger partial charge in [-0.1, -0.05) is 6.92 Å². The average molecular weight is 281 g/mol. The second kappa shape index (κ2) is 5.74. The third kappa shape index (κ3) is 2.81. The first kappa shape index (κ1) is 14.1. The van der Waals surface area contributed by atoms with Crippen molar-refractivity contribution in [2.75, 3.05) is 18.2 Å². The van der Waals surface area contributed by atoms with E-state index in [-0.39, 0.29) is 5.25 Å². The Morgan fingerprint density at radius 2 is 2.16 bits per heavy atom. The highest BCUT2D eigenvalue weighted by atomic mass is 32.2. The predicted octanol–water partition coefficient (Wildman–Crippen LogP) is 2.85.